The van der Waals surface area contributed by atoms with E-state index in [0.717, 1.165) is 23.4 Å². The fourth-order valence-corrected chi connectivity index (χ4v) is 4.25. The zero-order valence-corrected chi connectivity index (χ0v) is 16.0. The molecular weight excluding hydrogens is 342 g/mol. The summed E-state index contributed by atoms with van der Waals surface area (Å²) in [6.45, 7) is 1.85. The number of imide groups is 1. The second kappa shape index (κ2) is 8.55. The van der Waals surface area contributed by atoms with Crippen molar-refractivity contribution in [1.29, 1.82) is 0 Å². The largest absolute Gasteiger partial charge is 0.344 e. The molecule has 2 aliphatic rings. The molecule has 1 aliphatic carbocycles. The molecule has 1 aliphatic heterocycles. The molecule has 1 aromatic carbocycles. The van der Waals surface area contributed by atoms with Crippen molar-refractivity contribution in [2.24, 2.45) is 5.92 Å². The van der Waals surface area contributed by atoms with E-state index in [2.05, 4.69) is 10.7 Å². The van der Waals surface area contributed by atoms with Crippen molar-refractivity contribution >= 4 is 17.8 Å². The van der Waals surface area contributed by atoms with Crippen molar-refractivity contribution < 1.29 is 14.4 Å². The maximum absolute atomic E-state index is 13.0. The summed E-state index contributed by atoms with van der Waals surface area (Å²) in [5.74, 6) is 0.00481. The van der Waals surface area contributed by atoms with Gasteiger partial charge in [-0.3, -0.25) is 15.0 Å². The van der Waals surface area contributed by atoms with Gasteiger partial charge in [-0.15, -0.1) is 0 Å². The van der Waals surface area contributed by atoms with E-state index in [1.165, 1.54) is 32.1 Å². The summed E-state index contributed by atoms with van der Waals surface area (Å²) in [5.41, 5.74) is 2.11. The van der Waals surface area contributed by atoms with Gasteiger partial charge in [0.2, 0.25) is 5.91 Å². The lowest BCUT2D eigenvalue weighted by atomic mass is 9.86. The van der Waals surface area contributed by atoms with Crippen LogP contribution in [-0.2, 0) is 15.1 Å². The maximum Gasteiger partial charge on any atom is 0.344 e. The second-order valence-corrected chi connectivity index (χ2v) is 7.63. The topological polar surface area (TPSA) is 78.5 Å². The Bertz CT molecular complexity index is 685. The molecule has 1 heterocycles. The standard InChI is InChI=1S/C21H29N3O3/c1-2-21(17-13-7-4-8-14-17)19(26)24(20(27)22-21)23-18(25)15-9-12-16-10-5-3-6-11-16/h4,7-8,13-14,16H,2-3,5-6,9-12,15H2,1H3,(H,22,27)(H,23,25)/t21-/m0/s1. The van der Waals surface area contributed by atoms with Crippen LogP contribution in [0.4, 0.5) is 4.79 Å². The molecule has 1 saturated carbocycles. The Balaban J connectivity index is 1.57. The molecular formula is C21H29N3O3. The smallest absolute Gasteiger partial charge is 0.318 e. The monoisotopic (exact) mass is 371 g/mol. The van der Waals surface area contributed by atoms with Crippen molar-refractivity contribution in [3.05, 3.63) is 35.9 Å². The summed E-state index contributed by atoms with van der Waals surface area (Å²) in [6, 6.07) is 8.58. The Morgan fingerprint density at radius 2 is 1.89 bits per heavy atom. The SMILES string of the molecule is CC[C@@]1(c2ccccc2)NC(=O)N(NC(=O)CCCC2CCCCC2)C1=O. The third-order valence-electron chi connectivity index (χ3n) is 5.87. The first-order valence-corrected chi connectivity index (χ1v) is 10.1. The summed E-state index contributed by atoms with van der Waals surface area (Å²) < 4.78 is 0. The van der Waals surface area contributed by atoms with Crippen molar-refractivity contribution in [1.82, 2.24) is 15.8 Å². The minimum absolute atomic E-state index is 0.283. The van der Waals surface area contributed by atoms with E-state index in [1.54, 1.807) is 0 Å². The van der Waals surface area contributed by atoms with Crippen LogP contribution in [0.5, 0.6) is 0 Å². The zero-order chi connectivity index (χ0) is 19.3. The third kappa shape index (κ3) is 4.15. The number of carbonyl (C=O) groups is 3. The molecule has 0 spiro atoms. The molecule has 2 N–H and O–H groups in total. The average molecular weight is 371 g/mol. The predicted molar refractivity (Wildman–Crippen MR) is 102 cm³/mol. The number of nitrogens with one attached hydrogen (secondary N) is 2. The number of nitrogens with zero attached hydrogens (tertiary/aromatic N) is 1. The van der Waals surface area contributed by atoms with Crippen molar-refractivity contribution in [3.63, 3.8) is 0 Å². The van der Waals surface area contributed by atoms with E-state index in [9.17, 15) is 14.4 Å². The molecule has 6 nitrogen and oxygen atoms in total. The highest BCUT2D eigenvalue weighted by Gasteiger charge is 2.52. The number of urea groups is 1. The number of rotatable bonds is 7. The van der Waals surface area contributed by atoms with Crippen molar-refractivity contribution in [2.45, 2.75) is 70.3 Å². The van der Waals surface area contributed by atoms with Crippen LogP contribution in [-0.4, -0.2) is 22.9 Å². The highest BCUT2D eigenvalue weighted by Crippen LogP contribution is 2.31. The lowest BCUT2D eigenvalue weighted by Gasteiger charge is -2.25. The van der Waals surface area contributed by atoms with E-state index in [0.29, 0.717) is 18.8 Å². The average Bonchev–Trinajstić information content (AvgIpc) is 2.94. The Kier molecular flexibility index (Phi) is 6.14. The number of carbonyl (C=O) groups excluding carboxylic acids is 3. The van der Waals surface area contributed by atoms with E-state index in [1.807, 2.05) is 37.3 Å². The summed E-state index contributed by atoms with van der Waals surface area (Å²) in [6.07, 6.45) is 8.98. The summed E-state index contributed by atoms with van der Waals surface area (Å²) in [7, 11) is 0. The number of hydrogen-bond donors (Lipinski definition) is 2. The van der Waals surface area contributed by atoms with Gasteiger partial charge in [0.1, 0.15) is 5.54 Å². The number of hydrazine groups is 1. The van der Waals surface area contributed by atoms with Crippen LogP contribution in [0.3, 0.4) is 0 Å². The summed E-state index contributed by atoms with van der Waals surface area (Å²) in [4.78, 5) is 37.6. The number of amides is 4. The number of hydrogen-bond acceptors (Lipinski definition) is 3. The first-order chi connectivity index (χ1) is 13.1. The van der Waals surface area contributed by atoms with Crippen LogP contribution in [0.15, 0.2) is 30.3 Å². The van der Waals surface area contributed by atoms with Crippen LogP contribution in [0, 0.1) is 5.92 Å². The zero-order valence-electron chi connectivity index (χ0n) is 16.0. The molecule has 1 saturated heterocycles. The van der Waals surface area contributed by atoms with Gasteiger partial charge in [0.05, 0.1) is 0 Å². The molecule has 4 amide bonds. The van der Waals surface area contributed by atoms with Gasteiger partial charge in [0, 0.05) is 6.42 Å². The molecule has 0 aromatic heterocycles. The van der Waals surface area contributed by atoms with Crippen molar-refractivity contribution in [3.8, 4) is 0 Å². The third-order valence-corrected chi connectivity index (χ3v) is 5.87. The van der Waals surface area contributed by atoms with E-state index < -0.39 is 17.5 Å². The van der Waals surface area contributed by atoms with Gasteiger partial charge in [0.15, 0.2) is 0 Å². The van der Waals surface area contributed by atoms with E-state index >= 15 is 0 Å². The normalized spacial score (nSPS) is 23.4. The van der Waals surface area contributed by atoms with Gasteiger partial charge >= 0.3 is 6.03 Å². The molecule has 1 atom stereocenters. The highest BCUT2D eigenvalue weighted by molar-refractivity contribution is 6.08. The quantitative estimate of drug-likeness (QED) is 0.719. The minimum Gasteiger partial charge on any atom is -0.318 e. The van der Waals surface area contributed by atoms with Crippen LogP contribution < -0.4 is 10.7 Å². The van der Waals surface area contributed by atoms with Crippen LogP contribution in [0.1, 0.15) is 70.3 Å². The maximum atomic E-state index is 13.0. The first-order valence-electron chi connectivity index (χ1n) is 10.1. The predicted octanol–water partition coefficient (Wildman–Crippen LogP) is 3.63. The molecule has 146 valence electrons. The molecule has 0 unspecified atom stereocenters. The van der Waals surface area contributed by atoms with Gasteiger partial charge < -0.3 is 5.32 Å². The van der Waals surface area contributed by atoms with Crippen LogP contribution in [0.2, 0.25) is 0 Å². The van der Waals surface area contributed by atoms with Gasteiger partial charge in [-0.25, -0.2) is 4.79 Å². The molecule has 3 rings (SSSR count). The van der Waals surface area contributed by atoms with E-state index in [4.69, 9.17) is 0 Å². The molecule has 0 radical (unpaired) electrons. The molecule has 27 heavy (non-hydrogen) atoms. The van der Waals surface area contributed by atoms with E-state index in [-0.39, 0.29) is 5.91 Å². The van der Waals surface area contributed by atoms with Crippen LogP contribution in [0.25, 0.3) is 0 Å². The Morgan fingerprint density at radius 3 is 2.56 bits per heavy atom. The molecule has 2 fully saturated rings. The van der Waals surface area contributed by atoms with Gasteiger partial charge in [0.25, 0.3) is 5.91 Å². The second-order valence-electron chi connectivity index (χ2n) is 7.63. The fourth-order valence-electron chi connectivity index (χ4n) is 4.25. The lowest BCUT2D eigenvalue weighted by Crippen LogP contribution is -2.48. The molecule has 1 aromatic rings. The van der Waals surface area contributed by atoms with Crippen LogP contribution >= 0.6 is 0 Å². The first kappa shape index (κ1) is 19.4. The molecule has 0 bridgehead atoms. The molecule has 6 heteroatoms. The van der Waals surface area contributed by atoms with Gasteiger partial charge in [-0.1, -0.05) is 69.4 Å². The Morgan fingerprint density at radius 1 is 1.19 bits per heavy atom. The fraction of sp³-hybridized carbons (Fsp3) is 0.571. The summed E-state index contributed by atoms with van der Waals surface area (Å²) >= 11 is 0. The lowest BCUT2D eigenvalue weighted by molar-refractivity contribution is -0.139. The summed E-state index contributed by atoms with van der Waals surface area (Å²) in [5, 5.41) is 3.62. The van der Waals surface area contributed by atoms with Gasteiger partial charge in [-0.2, -0.15) is 5.01 Å². The van der Waals surface area contributed by atoms with Gasteiger partial charge in [-0.05, 0) is 30.7 Å². The Labute approximate surface area is 160 Å². The van der Waals surface area contributed by atoms with Crippen molar-refractivity contribution in [2.75, 3.05) is 0 Å². The minimum atomic E-state index is -1.12. The number of benzene rings is 1. The highest BCUT2D eigenvalue weighted by atomic mass is 16.2. The Hall–Kier alpha value is -2.37.